The van der Waals surface area contributed by atoms with E-state index in [1.54, 1.807) is 22.5 Å². The van der Waals surface area contributed by atoms with Gasteiger partial charge in [-0.1, -0.05) is 6.07 Å². The van der Waals surface area contributed by atoms with Crippen LogP contribution in [-0.4, -0.2) is 25.3 Å². The summed E-state index contributed by atoms with van der Waals surface area (Å²) in [5.41, 5.74) is 7.19. The Kier molecular flexibility index (Phi) is 3.14. The number of benzene rings is 1. The van der Waals surface area contributed by atoms with Crippen LogP contribution in [0.2, 0.25) is 0 Å². The lowest BCUT2D eigenvalue weighted by Gasteiger charge is -2.21. The molecule has 2 rings (SSSR count). The van der Waals surface area contributed by atoms with Crippen LogP contribution in [0.4, 0.5) is 5.69 Å². The van der Waals surface area contributed by atoms with Crippen molar-refractivity contribution < 1.29 is 8.42 Å². The number of nitrogens with zero attached hydrogens (tertiary/aromatic N) is 1. The Morgan fingerprint density at radius 2 is 2.12 bits per heavy atom. The molecule has 0 radical (unpaired) electrons. The van der Waals surface area contributed by atoms with Crippen LogP contribution in [0.1, 0.15) is 25.3 Å². The van der Waals surface area contributed by atoms with Gasteiger partial charge in [0, 0.05) is 18.3 Å². The lowest BCUT2D eigenvalue weighted by molar-refractivity contribution is 0.408. The summed E-state index contributed by atoms with van der Waals surface area (Å²) >= 11 is 0. The fraction of sp³-hybridized carbons (Fsp3) is 0.500. The standard InChI is InChI=1S/C12H18N2O2S/c1-9-5-6-11(8-12(9)13)17(15,16)14-7-3-4-10(14)2/h5-6,8,10H,3-4,7,13H2,1-2H3. The van der Waals surface area contributed by atoms with Crippen LogP contribution in [-0.2, 0) is 10.0 Å². The summed E-state index contributed by atoms with van der Waals surface area (Å²) in [6, 6.07) is 5.02. The molecule has 1 aliphatic rings. The van der Waals surface area contributed by atoms with Gasteiger partial charge in [0.05, 0.1) is 4.90 Å². The first-order valence-corrected chi connectivity index (χ1v) is 7.25. The zero-order chi connectivity index (χ0) is 12.6. The molecule has 4 nitrogen and oxygen atoms in total. The van der Waals surface area contributed by atoms with Crippen molar-refractivity contribution >= 4 is 15.7 Å². The number of nitrogens with two attached hydrogens (primary N) is 1. The van der Waals surface area contributed by atoms with E-state index in [0.29, 0.717) is 17.1 Å². The van der Waals surface area contributed by atoms with Gasteiger partial charge in [0.15, 0.2) is 0 Å². The van der Waals surface area contributed by atoms with Gasteiger partial charge in [0.2, 0.25) is 10.0 Å². The lowest BCUT2D eigenvalue weighted by atomic mass is 10.2. The normalized spacial score (nSPS) is 21.9. The average Bonchev–Trinajstić information content (AvgIpc) is 2.69. The van der Waals surface area contributed by atoms with Crippen molar-refractivity contribution in [3.8, 4) is 0 Å². The summed E-state index contributed by atoms with van der Waals surface area (Å²) in [6.45, 7) is 4.42. The minimum absolute atomic E-state index is 0.0857. The van der Waals surface area contributed by atoms with Crippen LogP contribution in [0.15, 0.2) is 23.1 Å². The second-order valence-electron chi connectivity index (χ2n) is 4.63. The first kappa shape index (κ1) is 12.4. The van der Waals surface area contributed by atoms with E-state index in [0.717, 1.165) is 18.4 Å². The molecule has 1 atom stereocenters. The molecule has 0 bridgehead atoms. The Morgan fingerprint density at radius 1 is 1.41 bits per heavy atom. The van der Waals surface area contributed by atoms with E-state index < -0.39 is 10.0 Å². The van der Waals surface area contributed by atoms with Crippen molar-refractivity contribution in [1.29, 1.82) is 0 Å². The number of anilines is 1. The lowest BCUT2D eigenvalue weighted by Crippen LogP contribution is -2.33. The second kappa shape index (κ2) is 4.31. The Balaban J connectivity index is 2.41. The fourth-order valence-corrected chi connectivity index (χ4v) is 3.91. The summed E-state index contributed by atoms with van der Waals surface area (Å²) in [4.78, 5) is 0.300. The SMILES string of the molecule is Cc1ccc(S(=O)(=O)N2CCCC2C)cc1N. The van der Waals surface area contributed by atoms with Crippen molar-refractivity contribution in [1.82, 2.24) is 4.31 Å². The smallest absolute Gasteiger partial charge is 0.243 e. The molecule has 2 N–H and O–H groups in total. The maximum Gasteiger partial charge on any atom is 0.243 e. The van der Waals surface area contributed by atoms with Crippen LogP contribution >= 0.6 is 0 Å². The highest BCUT2D eigenvalue weighted by Gasteiger charge is 2.32. The molecule has 1 unspecified atom stereocenters. The molecule has 0 amide bonds. The molecule has 1 heterocycles. The van der Waals surface area contributed by atoms with E-state index in [-0.39, 0.29) is 6.04 Å². The van der Waals surface area contributed by atoms with Crippen molar-refractivity contribution in [3.63, 3.8) is 0 Å². The molecule has 0 spiro atoms. The van der Waals surface area contributed by atoms with E-state index in [9.17, 15) is 8.42 Å². The molecule has 0 aliphatic carbocycles. The zero-order valence-electron chi connectivity index (χ0n) is 10.2. The first-order chi connectivity index (χ1) is 7.93. The van der Waals surface area contributed by atoms with Gasteiger partial charge in [0.1, 0.15) is 0 Å². The first-order valence-electron chi connectivity index (χ1n) is 5.81. The molecule has 0 saturated carbocycles. The monoisotopic (exact) mass is 254 g/mol. The van der Waals surface area contributed by atoms with Gasteiger partial charge >= 0.3 is 0 Å². The third-order valence-corrected chi connectivity index (χ3v) is 5.36. The highest BCUT2D eigenvalue weighted by molar-refractivity contribution is 7.89. The molecule has 1 aromatic carbocycles. The predicted octanol–water partition coefficient (Wildman–Crippen LogP) is 1.75. The van der Waals surface area contributed by atoms with Crippen molar-refractivity contribution in [2.24, 2.45) is 0 Å². The maximum atomic E-state index is 12.4. The third-order valence-electron chi connectivity index (χ3n) is 3.35. The molecule has 1 saturated heterocycles. The largest absolute Gasteiger partial charge is 0.398 e. The molecule has 5 heteroatoms. The van der Waals surface area contributed by atoms with Crippen LogP contribution in [0, 0.1) is 6.92 Å². The van der Waals surface area contributed by atoms with E-state index in [1.807, 2.05) is 13.8 Å². The third kappa shape index (κ3) is 2.17. The predicted molar refractivity (Wildman–Crippen MR) is 68.2 cm³/mol. The summed E-state index contributed by atoms with van der Waals surface area (Å²) in [6.07, 6.45) is 1.86. The Labute approximate surface area is 102 Å². The minimum Gasteiger partial charge on any atom is -0.398 e. The molecule has 1 aliphatic heterocycles. The fourth-order valence-electron chi connectivity index (χ4n) is 2.18. The van der Waals surface area contributed by atoms with Crippen LogP contribution in [0.3, 0.4) is 0 Å². The summed E-state index contributed by atoms with van der Waals surface area (Å²) in [5.74, 6) is 0. The van der Waals surface area contributed by atoms with Crippen LogP contribution in [0.25, 0.3) is 0 Å². The highest BCUT2D eigenvalue weighted by Crippen LogP contribution is 2.27. The van der Waals surface area contributed by atoms with Gasteiger partial charge in [-0.05, 0) is 44.4 Å². The van der Waals surface area contributed by atoms with Gasteiger partial charge < -0.3 is 5.73 Å². The molecule has 94 valence electrons. The van der Waals surface area contributed by atoms with Crippen molar-refractivity contribution in [3.05, 3.63) is 23.8 Å². The van der Waals surface area contributed by atoms with E-state index in [1.165, 1.54) is 0 Å². The number of nitrogen functional groups attached to an aromatic ring is 1. The molecular formula is C12H18N2O2S. The zero-order valence-corrected chi connectivity index (χ0v) is 11.0. The van der Waals surface area contributed by atoms with Crippen molar-refractivity contribution in [2.45, 2.75) is 37.6 Å². The topological polar surface area (TPSA) is 63.4 Å². The second-order valence-corrected chi connectivity index (χ2v) is 6.52. The molecule has 0 aromatic heterocycles. The molecule has 1 aromatic rings. The van der Waals surface area contributed by atoms with Gasteiger partial charge in [-0.3, -0.25) is 0 Å². The Bertz CT molecular complexity index is 525. The van der Waals surface area contributed by atoms with E-state index in [2.05, 4.69) is 0 Å². The number of aryl methyl sites for hydroxylation is 1. The van der Waals surface area contributed by atoms with Gasteiger partial charge in [-0.2, -0.15) is 4.31 Å². The van der Waals surface area contributed by atoms with E-state index >= 15 is 0 Å². The van der Waals surface area contributed by atoms with Gasteiger partial charge in [-0.25, -0.2) is 8.42 Å². The highest BCUT2D eigenvalue weighted by atomic mass is 32.2. The summed E-state index contributed by atoms with van der Waals surface area (Å²) < 4.78 is 26.3. The number of hydrogen-bond donors (Lipinski definition) is 1. The quantitative estimate of drug-likeness (QED) is 0.818. The number of sulfonamides is 1. The van der Waals surface area contributed by atoms with E-state index in [4.69, 9.17) is 5.73 Å². The summed E-state index contributed by atoms with van der Waals surface area (Å²) in [5, 5.41) is 0. The van der Waals surface area contributed by atoms with Crippen LogP contribution in [0.5, 0.6) is 0 Å². The van der Waals surface area contributed by atoms with Crippen molar-refractivity contribution in [2.75, 3.05) is 12.3 Å². The van der Waals surface area contributed by atoms with Crippen LogP contribution < -0.4 is 5.73 Å². The molecular weight excluding hydrogens is 236 g/mol. The number of hydrogen-bond acceptors (Lipinski definition) is 3. The molecule has 1 fully saturated rings. The number of rotatable bonds is 2. The average molecular weight is 254 g/mol. The van der Waals surface area contributed by atoms with Gasteiger partial charge in [-0.15, -0.1) is 0 Å². The Morgan fingerprint density at radius 3 is 2.65 bits per heavy atom. The maximum absolute atomic E-state index is 12.4. The van der Waals surface area contributed by atoms with Gasteiger partial charge in [0.25, 0.3) is 0 Å². The Hall–Kier alpha value is -1.07. The minimum atomic E-state index is -3.37. The molecule has 17 heavy (non-hydrogen) atoms. The summed E-state index contributed by atoms with van der Waals surface area (Å²) in [7, 11) is -3.37.